The second kappa shape index (κ2) is 11.5. The molecule has 7 nitrogen and oxygen atoms in total. The van der Waals surface area contributed by atoms with E-state index in [4.69, 9.17) is 20.8 Å². The molecule has 2 atom stereocenters. The van der Waals surface area contributed by atoms with Crippen LogP contribution in [0.25, 0.3) is 0 Å². The first-order valence-corrected chi connectivity index (χ1v) is 15.8. The van der Waals surface area contributed by atoms with E-state index in [0.29, 0.717) is 25.2 Å². The maximum atomic E-state index is 13.9. The Bertz CT molecular complexity index is 1170. The molecule has 1 aromatic heterocycles. The van der Waals surface area contributed by atoms with Gasteiger partial charge in [0, 0.05) is 16.8 Å². The lowest BCUT2D eigenvalue weighted by molar-refractivity contribution is -0.138. The van der Waals surface area contributed by atoms with Crippen LogP contribution >= 0.6 is 27.5 Å². The monoisotopic (exact) mass is 619 g/mol. The van der Waals surface area contributed by atoms with E-state index in [2.05, 4.69) is 63.4 Å². The van der Waals surface area contributed by atoms with E-state index in [1.54, 1.807) is 6.07 Å². The molecule has 0 spiro atoms. The number of halogens is 5. The second-order valence-corrected chi connectivity index (χ2v) is 16.4. The van der Waals surface area contributed by atoms with Crippen molar-refractivity contribution in [2.45, 2.75) is 64.1 Å². The third-order valence-electron chi connectivity index (χ3n) is 6.69. The summed E-state index contributed by atoms with van der Waals surface area (Å²) in [5.41, 5.74) is -0.339. The van der Waals surface area contributed by atoms with Crippen molar-refractivity contribution in [3.8, 4) is 6.07 Å². The quantitative estimate of drug-likeness (QED) is 0.309. The maximum absolute atomic E-state index is 13.9. The first-order chi connectivity index (χ1) is 17.1. The summed E-state index contributed by atoms with van der Waals surface area (Å²) in [4.78, 5) is 8.46. The van der Waals surface area contributed by atoms with E-state index in [0.717, 1.165) is 6.07 Å². The molecule has 202 valence electrons. The summed E-state index contributed by atoms with van der Waals surface area (Å²) in [5.74, 6) is 0.00821. The Morgan fingerprint density at radius 3 is 2.62 bits per heavy atom. The number of hydrogen-bond acceptors (Lipinski definition) is 7. The minimum Gasteiger partial charge on any atom is -0.413 e. The summed E-state index contributed by atoms with van der Waals surface area (Å²) in [6.07, 6.45) is -2.68. The summed E-state index contributed by atoms with van der Waals surface area (Å²) in [7, 11) is -2.21. The van der Waals surface area contributed by atoms with Gasteiger partial charge in [-0.2, -0.15) is 23.4 Å². The van der Waals surface area contributed by atoms with Gasteiger partial charge >= 0.3 is 6.18 Å². The third kappa shape index (κ3) is 7.35. The van der Waals surface area contributed by atoms with E-state index in [9.17, 15) is 18.4 Å². The minimum absolute atomic E-state index is 0.0151. The molecule has 13 heteroatoms. The fourth-order valence-corrected chi connectivity index (χ4v) is 5.07. The molecule has 2 N–H and O–H groups in total. The molecule has 0 amide bonds. The van der Waals surface area contributed by atoms with Crippen molar-refractivity contribution in [1.82, 2.24) is 9.97 Å². The number of alkyl halides is 3. The average Bonchev–Trinajstić information content (AvgIpc) is 2.80. The molecule has 1 saturated heterocycles. The molecule has 3 rings (SSSR count). The number of nitriles is 1. The van der Waals surface area contributed by atoms with Crippen molar-refractivity contribution in [2.24, 2.45) is 5.92 Å². The van der Waals surface area contributed by atoms with Crippen LogP contribution in [0.5, 0.6) is 0 Å². The van der Waals surface area contributed by atoms with Crippen molar-refractivity contribution in [3.05, 3.63) is 39.0 Å². The fourth-order valence-electron chi connectivity index (χ4n) is 3.41. The van der Waals surface area contributed by atoms with Gasteiger partial charge in [-0.25, -0.2) is 4.98 Å². The lowest BCUT2D eigenvalue weighted by atomic mass is 9.96. The van der Waals surface area contributed by atoms with Gasteiger partial charge in [0.2, 0.25) is 5.95 Å². The maximum Gasteiger partial charge on any atom is 0.417 e. The van der Waals surface area contributed by atoms with E-state index >= 15 is 0 Å². The Balaban J connectivity index is 1.90. The van der Waals surface area contributed by atoms with Gasteiger partial charge in [0.15, 0.2) is 14.1 Å². The van der Waals surface area contributed by atoms with Crippen LogP contribution in [0.2, 0.25) is 23.2 Å². The molecule has 37 heavy (non-hydrogen) atoms. The third-order valence-corrected chi connectivity index (χ3v) is 12.4. The zero-order valence-electron chi connectivity index (χ0n) is 21.3. The van der Waals surface area contributed by atoms with Gasteiger partial charge in [-0.05, 0) is 58.2 Å². The van der Waals surface area contributed by atoms with Crippen LogP contribution in [0, 0.1) is 17.2 Å². The average molecular weight is 621 g/mol. The van der Waals surface area contributed by atoms with Crippen LogP contribution in [0.15, 0.2) is 22.8 Å². The number of rotatable bonds is 7. The molecular weight excluding hydrogens is 591 g/mol. The highest BCUT2D eigenvalue weighted by Gasteiger charge is 2.38. The highest BCUT2D eigenvalue weighted by Crippen LogP contribution is 2.41. The number of hydrogen-bond donors (Lipinski definition) is 2. The van der Waals surface area contributed by atoms with Gasteiger partial charge < -0.3 is 19.8 Å². The van der Waals surface area contributed by atoms with Gasteiger partial charge in [0.05, 0.1) is 43.0 Å². The molecule has 1 aromatic carbocycles. The molecule has 0 bridgehead atoms. The Morgan fingerprint density at radius 1 is 1.30 bits per heavy atom. The van der Waals surface area contributed by atoms with Crippen molar-refractivity contribution in [3.63, 3.8) is 0 Å². The zero-order chi connectivity index (χ0) is 27.6. The number of anilines is 3. The predicted molar refractivity (Wildman–Crippen MR) is 143 cm³/mol. The number of aromatic nitrogens is 2. The molecule has 1 aliphatic rings. The zero-order valence-corrected chi connectivity index (χ0v) is 24.6. The van der Waals surface area contributed by atoms with Crippen LogP contribution in [0.1, 0.15) is 38.3 Å². The smallest absolute Gasteiger partial charge is 0.413 e. The predicted octanol–water partition coefficient (Wildman–Crippen LogP) is 7.52. The summed E-state index contributed by atoms with van der Waals surface area (Å²) in [6.45, 7) is 11.1. The number of nitrogens with one attached hydrogen (secondary N) is 2. The molecule has 0 radical (unpaired) electrons. The van der Waals surface area contributed by atoms with E-state index in [-0.39, 0.29) is 50.6 Å². The van der Waals surface area contributed by atoms with Crippen molar-refractivity contribution in [2.75, 3.05) is 23.8 Å². The normalized spacial score (nSPS) is 18.8. The lowest BCUT2D eigenvalue weighted by Gasteiger charge is -2.36. The number of ether oxygens (including phenoxy) is 1. The van der Waals surface area contributed by atoms with Gasteiger partial charge in [-0.1, -0.05) is 32.4 Å². The summed E-state index contributed by atoms with van der Waals surface area (Å²) >= 11 is 9.39. The molecule has 1 fully saturated rings. The van der Waals surface area contributed by atoms with E-state index in [1.165, 1.54) is 6.20 Å². The summed E-state index contributed by atoms with van der Waals surface area (Å²) in [5, 5.41) is 15.5. The van der Waals surface area contributed by atoms with Crippen molar-refractivity contribution >= 4 is 53.3 Å². The molecule has 2 aromatic rings. The molecule has 2 heterocycles. The fraction of sp³-hybridized carbons (Fsp3) is 0.542. The summed E-state index contributed by atoms with van der Waals surface area (Å²) in [6, 6.07) is 4.49. The Labute approximate surface area is 229 Å². The number of benzene rings is 1. The molecular formula is C24H30BrClF3N5O2Si. The SMILES string of the molecule is CC(C)(C)[Si](C)(C)OCc1cc(Nc2ncc(Cl)c(N[C@H]3COCC[C@@H]3C#N)n2)cc(C(F)(F)F)c1Br. The van der Waals surface area contributed by atoms with Crippen LogP contribution in [-0.4, -0.2) is 37.5 Å². The molecule has 1 aliphatic heterocycles. The van der Waals surface area contributed by atoms with Crippen LogP contribution in [0.4, 0.5) is 30.6 Å². The molecule has 0 saturated carbocycles. The highest BCUT2D eigenvalue weighted by molar-refractivity contribution is 9.10. The Kier molecular flexibility index (Phi) is 9.17. The Hall–Kier alpha value is -1.91. The van der Waals surface area contributed by atoms with Crippen molar-refractivity contribution in [1.29, 1.82) is 5.26 Å². The van der Waals surface area contributed by atoms with Crippen LogP contribution < -0.4 is 10.6 Å². The van der Waals surface area contributed by atoms with Gasteiger partial charge in [-0.3, -0.25) is 0 Å². The largest absolute Gasteiger partial charge is 0.417 e. The number of nitrogens with zero attached hydrogens (tertiary/aromatic N) is 3. The second-order valence-electron chi connectivity index (χ2n) is 10.4. The first kappa shape index (κ1) is 29.6. The van der Waals surface area contributed by atoms with Crippen LogP contribution in [-0.2, 0) is 21.9 Å². The topological polar surface area (TPSA) is 92.1 Å². The summed E-state index contributed by atoms with van der Waals surface area (Å²) < 4.78 is 53.2. The lowest BCUT2D eigenvalue weighted by Crippen LogP contribution is -2.40. The van der Waals surface area contributed by atoms with Crippen LogP contribution in [0.3, 0.4) is 0 Å². The van der Waals surface area contributed by atoms with Gasteiger partial charge in [0.25, 0.3) is 0 Å². The van der Waals surface area contributed by atoms with E-state index < -0.39 is 20.1 Å². The minimum atomic E-state index is -4.59. The molecule has 0 aliphatic carbocycles. The van der Waals surface area contributed by atoms with Gasteiger partial charge in [0.1, 0.15) is 5.02 Å². The standard InChI is InChI=1S/C24H30BrClF3N5O2Si/c1-23(2,3)37(4,5)36-12-15-8-16(9-17(20(15)25)24(27,28)29)32-22-31-11-18(26)21(34-22)33-19-13-35-7-6-14(19)10-30/h8-9,11,14,19H,6-7,12-13H2,1-5H3,(H2,31,32,33,34)/t14-,19+/m1/s1. The first-order valence-electron chi connectivity index (χ1n) is 11.7. The highest BCUT2D eigenvalue weighted by atomic mass is 79.9. The molecule has 0 unspecified atom stereocenters. The van der Waals surface area contributed by atoms with Crippen molar-refractivity contribution < 1.29 is 22.3 Å². The Morgan fingerprint density at radius 2 is 2.00 bits per heavy atom. The van der Waals surface area contributed by atoms with E-state index in [1.807, 2.05) is 13.1 Å². The van der Waals surface area contributed by atoms with Gasteiger partial charge in [-0.15, -0.1) is 0 Å².